The lowest BCUT2D eigenvalue weighted by atomic mass is 10.2. The topological polar surface area (TPSA) is 130 Å². The molecule has 0 saturated carbocycles. The van der Waals surface area contributed by atoms with Crippen LogP contribution in [0.3, 0.4) is 0 Å². The molecule has 176 valence electrons. The molecule has 4 rings (SSSR count). The van der Waals surface area contributed by atoms with Crippen molar-refractivity contribution in [2.45, 2.75) is 9.79 Å². The number of hydrogen-bond donors (Lipinski definition) is 2. The number of hydrogen-bond acceptors (Lipinski definition) is 6. The maximum atomic E-state index is 12.6. The normalized spacial score (nSPS) is 14.5. The molecule has 9 nitrogen and oxygen atoms in total. The Labute approximate surface area is 205 Å². The number of sulfonamides is 2. The fourth-order valence-corrected chi connectivity index (χ4v) is 6.35. The Morgan fingerprint density at radius 3 is 2.15 bits per heavy atom. The first kappa shape index (κ1) is 24.0. The van der Waals surface area contributed by atoms with Gasteiger partial charge in [0.05, 0.1) is 16.1 Å². The number of nitrogens with one attached hydrogen (secondary N) is 2. The second-order valence-corrected chi connectivity index (χ2v) is 11.5. The van der Waals surface area contributed by atoms with Crippen LogP contribution in [-0.4, -0.2) is 39.5 Å². The Kier molecular flexibility index (Phi) is 6.30. The van der Waals surface area contributed by atoms with Gasteiger partial charge in [0.25, 0.3) is 26.0 Å². The number of nitrogens with zero attached hydrogens (tertiary/aromatic N) is 1. The van der Waals surface area contributed by atoms with E-state index < -0.39 is 38.4 Å². The van der Waals surface area contributed by atoms with E-state index in [2.05, 4.69) is 10.0 Å². The van der Waals surface area contributed by atoms with Crippen molar-refractivity contribution in [3.63, 3.8) is 0 Å². The van der Waals surface area contributed by atoms with Crippen LogP contribution in [0.25, 0.3) is 0 Å². The molecule has 0 saturated heterocycles. The molecule has 1 aliphatic rings. The van der Waals surface area contributed by atoms with Gasteiger partial charge in [-0.1, -0.05) is 35.3 Å². The summed E-state index contributed by atoms with van der Waals surface area (Å²) in [6.45, 7) is -0.729. The minimum atomic E-state index is -4.13. The molecule has 34 heavy (non-hydrogen) atoms. The molecule has 0 unspecified atom stereocenters. The molecule has 0 fully saturated rings. The van der Waals surface area contributed by atoms with Gasteiger partial charge in [-0.25, -0.2) is 21.1 Å². The fraction of sp³-hybridized carbons (Fsp3) is 0.0476. The standard InChI is InChI=1S/C21H15Cl2N3O6S2/c22-13-9-14(23)11-16(10-13)25-33(29,30)17-7-5-15(6-8-17)24-20(27)12-26-21(28)18-3-1-2-4-19(18)34(26,31)32/h1-11,25H,12H2,(H,24,27). The summed E-state index contributed by atoms with van der Waals surface area (Å²) < 4.78 is 53.2. The van der Waals surface area contributed by atoms with E-state index in [-0.39, 0.29) is 36.8 Å². The second kappa shape index (κ2) is 8.91. The first-order valence-corrected chi connectivity index (χ1v) is 13.2. The van der Waals surface area contributed by atoms with E-state index in [0.717, 1.165) is 0 Å². The Hall–Kier alpha value is -3.12. The predicted octanol–water partition coefficient (Wildman–Crippen LogP) is 3.58. The largest absolute Gasteiger partial charge is 0.325 e. The van der Waals surface area contributed by atoms with E-state index in [1.165, 1.54) is 66.7 Å². The van der Waals surface area contributed by atoms with Crippen LogP contribution < -0.4 is 10.0 Å². The summed E-state index contributed by atoms with van der Waals surface area (Å²) in [6.07, 6.45) is 0. The molecule has 3 aromatic carbocycles. The number of carbonyl (C=O) groups is 2. The first-order valence-electron chi connectivity index (χ1n) is 9.52. The van der Waals surface area contributed by atoms with Crippen molar-refractivity contribution >= 4 is 66.4 Å². The van der Waals surface area contributed by atoms with Gasteiger partial charge in [-0.3, -0.25) is 14.3 Å². The van der Waals surface area contributed by atoms with Gasteiger partial charge in [0.15, 0.2) is 0 Å². The van der Waals surface area contributed by atoms with Crippen molar-refractivity contribution in [2.75, 3.05) is 16.6 Å². The number of anilines is 2. The number of benzene rings is 3. The average Bonchev–Trinajstić information content (AvgIpc) is 2.94. The monoisotopic (exact) mass is 539 g/mol. The van der Waals surface area contributed by atoms with Crippen molar-refractivity contribution in [3.8, 4) is 0 Å². The molecule has 0 atom stereocenters. The minimum absolute atomic E-state index is 0.00153. The van der Waals surface area contributed by atoms with Gasteiger partial charge in [-0.2, -0.15) is 0 Å². The van der Waals surface area contributed by atoms with Crippen molar-refractivity contribution in [1.82, 2.24) is 4.31 Å². The van der Waals surface area contributed by atoms with Crippen molar-refractivity contribution in [1.29, 1.82) is 0 Å². The number of halogens is 2. The van der Waals surface area contributed by atoms with Crippen LogP contribution in [-0.2, 0) is 24.8 Å². The number of carbonyl (C=O) groups excluding carboxylic acids is 2. The lowest BCUT2D eigenvalue weighted by molar-refractivity contribution is -0.116. The molecule has 1 heterocycles. The SMILES string of the molecule is O=C(CN1C(=O)c2ccccc2S1(=O)=O)Nc1ccc(S(=O)(=O)Nc2cc(Cl)cc(Cl)c2)cc1. The Morgan fingerprint density at radius 2 is 1.53 bits per heavy atom. The average molecular weight is 540 g/mol. The van der Waals surface area contributed by atoms with Gasteiger partial charge in [0, 0.05) is 15.7 Å². The maximum absolute atomic E-state index is 12.6. The number of rotatable bonds is 6. The Bertz CT molecular complexity index is 1500. The highest BCUT2D eigenvalue weighted by atomic mass is 35.5. The van der Waals surface area contributed by atoms with Crippen LogP contribution in [0.15, 0.2) is 76.5 Å². The van der Waals surface area contributed by atoms with E-state index in [9.17, 15) is 26.4 Å². The van der Waals surface area contributed by atoms with Gasteiger partial charge >= 0.3 is 0 Å². The van der Waals surface area contributed by atoms with E-state index in [1.807, 2.05) is 0 Å². The molecule has 0 bridgehead atoms. The predicted molar refractivity (Wildman–Crippen MR) is 127 cm³/mol. The smallest absolute Gasteiger partial charge is 0.269 e. The molecule has 2 N–H and O–H groups in total. The lowest BCUT2D eigenvalue weighted by Crippen LogP contribution is -2.37. The first-order chi connectivity index (χ1) is 16.0. The van der Waals surface area contributed by atoms with E-state index in [0.29, 0.717) is 4.31 Å². The summed E-state index contributed by atoms with van der Waals surface area (Å²) in [7, 11) is -8.10. The zero-order valence-electron chi connectivity index (χ0n) is 17.0. The van der Waals surface area contributed by atoms with E-state index in [1.54, 1.807) is 0 Å². The zero-order chi connectivity index (χ0) is 24.7. The highest BCUT2D eigenvalue weighted by Crippen LogP contribution is 2.30. The van der Waals surface area contributed by atoms with Crippen LogP contribution >= 0.6 is 23.2 Å². The third-order valence-corrected chi connectivity index (χ3v) is 8.38. The van der Waals surface area contributed by atoms with Crippen LogP contribution in [0.1, 0.15) is 10.4 Å². The third kappa shape index (κ3) is 4.73. The van der Waals surface area contributed by atoms with Crippen molar-refractivity contribution in [2.24, 2.45) is 0 Å². The third-order valence-electron chi connectivity index (χ3n) is 4.76. The summed E-state index contributed by atoms with van der Waals surface area (Å²) in [6, 6.07) is 15.1. The molecule has 0 aliphatic carbocycles. The highest BCUT2D eigenvalue weighted by Gasteiger charge is 2.41. The van der Waals surface area contributed by atoms with Crippen LogP contribution in [0.2, 0.25) is 10.0 Å². The second-order valence-electron chi connectivity index (χ2n) is 7.15. The van der Waals surface area contributed by atoms with Gasteiger partial charge in [-0.15, -0.1) is 0 Å². The Morgan fingerprint density at radius 1 is 0.912 bits per heavy atom. The van der Waals surface area contributed by atoms with Crippen LogP contribution in [0, 0.1) is 0 Å². The molecular weight excluding hydrogens is 525 g/mol. The molecule has 0 aromatic heterocycles. The summed E-state index contributed by atoms with van der Waals surface area (Å²) in [4.78, 5) is 24.6. The van der Waals surface area contributed by atoms with Gasteiger partial charge in [0.2, 0.25) is 5.91 Å². The molecule has 13 heteroatoms. The van der Waals surface area contributed by atoms with Gasteiger partial charge < -0.3 is 5.32 Å². The quantitative estimate of drug-likeness (QED) is 0.492. The molecule has 1 aliphatic heterocycles. The Balaban J connectivity index is 1.45. The molecule has 0 spiro atoms. The van der Waals surface area contributed by atoms with E-state index >= 15 is 0 Å². The summed E-state index contributed by atoms with van der Waals surface area (Å²) in [5.41, 5.74) is 0.377. The maximum Gasteiger partial charge on any atom is 0.269 e. The van der Waals surface area contributed by atoms with Crippen LogP contribution in [0.4, 0.5) is 11.4 Å². The summed E-state index contributed by atoms with van der Waals surface area (Å²) >= 11 is 11.8. The lowest BCUT2D eigenvalue weighted by Gasteiger charge is -2.15. The molecule has 3 aromatic rings. The van der Waals surface area contributed by atoms with Gasteiger partial charge in [0.1, 0.15) is 11.4 Å². The van der Waals surface area contributed by atoms with Crippen LogP contribution in [0.5, 0.6) is 0 Å². The van der Waals surface area contributed by atoms with Crippen molar-refractivity contribution < 1.29 is 26.4 Å². The van der Waals surface area contributed by atoms with Gasteiger partial charge in [-0.05, 0) is 54.6 Å². The fourth-order valence-electron chi connectivity index (χ4n) is 3.26. The molecule has 0 radical (unpaired) electrons. The van der Waals surface area contributed by atoms with Crippen molar-refractivity contribution in [3.05, 3.63) is 82.3 Å². The summed E-state index contributed by atoms with van der Waals surface area (Å²) in [5, 5.41) is 2.96. The number of fused-ring (bicyclic) bond motifs is 1. The molecular formula is C21H15Cl2N3O6S2. The highest BCUT2D eigenvalue weighted by molar-refractivity contribution is 7.92. The minimum Gasteiger partial charge on any atom is -0.325 e. The van der Waals surface area contributed by atoms with E-state index in [4.69, 9.17) is 23.2 Å². The molecule has 2 amide bonds. The number of amides is 2. The zero-order valence-corrected chi connectivity index (χ0v) is 20.2. The summed E-state index contributed by atoms with van der Waals surface area (Å²) in [5.74, 6) is -1.56.